The second-order valence-corrected chi connectivity index (χ2v) is 4.48. The van der Waals surface area contributed by atoms with E-state index < -0.39 is 0 Å². The van der Waals surface area contributed by atoms with Crippen LogP contribution in [0.2, 0.25) is 0 Å². The predicted molar refractivity (Wildman–Crippen MR) is 68.4 cm³/mol. The van der Waals surface area contributed by atoms with Crippen molar-refractivity contribution in [3.05, 3.63) is 11.1 Å². The first-order chi connectivity index (χ1) is 6.47. The molecule has 0 saturated heterocycles. The highest BCUT2D eigenvalue weighted by Gasteiger charge is 2.15. The Morgan fingerprint density at radius 2 is 1.60 bits per heavy atom. The van der Waals surface area contributed by atoms with Gasteiger partial charge in [0.15, 0.2) is 0 Å². The molecule has 0 spiro atoms. The second-order valence-electron chi connectivity index (χ2n) is 3.87. The molecule has 0 N–H and O–H groups in total. The first kappa shape index (κ1) is 14.6. The molecule has 0 amide bonds. The number of aromatic nitrogens is 2. The van der Waals surface area contributed by atoms with E-state index in [4.69, 9.17) is 0 Å². The van der Waals surface area contributed by atoms with Crippen molar-refractivity contribution in [1.82, 2.24) is 9.59 Å². The Morgan fingerprint density at radius 3 is 2.13 bits per heavy atom. The van der Waals surface area contributed by atoms with Gasteiger partial charge in [-0.15, -0.1) is 5.10 Å². The molecule has 1 aromatic rings. The highest BCUT2D eigenvalue weighted by atomic mass is 32.1. The van der Waals surface area contributed by atoms with Gasteiger partial charge in [-0.2, -0.15) is 0 Å². The van der Waals surface area contributed by atoms with Crippen molar-refractivity contribution in [2.24, 2.45) is 0 Å². The summed E-state index contributed by atoms with van der Waals surface area (Å²) < 4.78 is 3.94. The lowest BCUT2D eigenvalue weighted by atomic mass is 9.89. The zero-order chi connectivity index (χ0) is 8.93. The van der Waals surface area contributed by atoms with Gasteiger partial charge < -0.3 is 0 Å². The van der Waals surface area contributed by atoms with Crippen LogP contribution in [0, 0.1) is 0 Å². The van der Waals surface area contributed by atoms with Crippen LogP contribution in [0.25, 0.3) is 0 Å². The van der Waals surface area contributed by atoms with Crippen LogP contribution < -0.4 is 0 Å². The van der Waals surface area contributed by atoms with Gasteiger partial charge in [-0.05, 0) is 24.4 Å². The minimum Gasteiger partial charge on any atom is -0.143 e. The SMILES string of the molecule is C.C.c1snnc1C1CCCCCCC1. The third-order valence-electron chi connectivity index (χ3n) is 2.90. The Balaban J connectivity index is 0.000000980. The van der Waals surface area contributed by atoms with Crippen LogP contribution in [-0.4, -0.2) is 9.59 Å². The van der Waals surface area contributed by atoms with Gasteiger partial charge in [-0.25, -0.2) is 0 Å². The molecule has 1 aliphatic rings. The molecular formula is C12H24N2S. The Labute approximate surface area is 98.3 Å². The van der Waals surface area contributed by atoms with Crippen molar-refractivity contribution in [3.8, 4) is 0 Å². The van der Waals surface area contributed by atoms with E-state index in [0.717, 1.165) is 0 Å². The maximum Gasteiger partial charge on any atom is 0.0786 e. The van der Waals surface area contributed by atoms with E-state index in [1.54, 1.807) is 0 Å². The van der Waals surface area contributed by atoms with Gasteiger partial charge in [-0.3, -0.25) is 0 Å². The third-order valence-corrected chi connectivity index (χ3v) is 3.42. The van der Waals surface area contributed by atoms with Gasteiger partial charge in [0.1, 0.15) is 0 Å². The number of nitrogens with zero attached hydrogens (tertiary/aromatic N) is 2. The molecule has 0 aliphatic heterocycles. The van der Waals surface area contributed by atoms with E-state index in [9.17, 15) is 0 Å². The standard InChI is InChI=1S/C10H16N2S.2CH4/c1-2-4-6-9(7-5-3-1)10-8-13-12-11-10;;/h8-9H,1-7H2;2*1H4. The summed E-state index contributed by atoms with van der Waals surface area (Å²) in [4.78, 5) is 0. The zero-order valence-corrected chi connectivity index (χ0v) is 8.72. The van der Waals surface area contributed by atoms with Gasteiger partial charge in [0.05, 0.1) is 5.69 Å². The summed E-state index contributed by atoms with van der Waals surface area (Å²) >= 11 is 1.48. The van der Waals surface area contributed by atoms with E-state index in [1.807, 2.05) is 0 Å². The molecule has 1 fully saturated rings. The molecule has 0 radical (unpaired) electrons. The van der Waals surface area contributed by atoms with Gasteiger partial charge in [0.2, 0.25) is 0 Å². The third kappa shape index (κ3) is 4.29. The Bertz CT molecular complexity index is 226. The molecule has 1 aliphatic carbocycles. The van der Waals surface area contributed by atoms with Crippen LogP contribution in [0.15, 0.2) is 5.38 Å². The maximum absolute atomic E-state index is 4.18. The van der Waals surface area contributed by atoms with Gasteiger partial charge in [0, 0.05) is 11.3 Å². The zero-order valence-electron chi connectivity index (χ0n) is 7.91. The minimum atomic E-state index is 0. The van der Waals surface area contributed by atoms with E-state index in [1.165, 1.54) is 62.2 Å². The lowest BCUT2D eigenvalue weighted by molar-refractivity contribution is 0.449. The molecule has 0 atom stereocenters. The first-order valence-corrected chi connectivity index (χ1v) is 6.07. The van der Waals surface area contributed by atoms with Gasteiger partial charge in [-0.1, -0.05) is 51.4 Å². The maximum atomic E-state index is 4.18. The normalized spacial score (nSPS) is 18.1. The number of hydrogen-bond acceptors (Lipinski definition) is 3. The molecular weight excluding hydrogens is 204 g/mol. The highest BCUT2D eigenvalue weighted by Crippen LogP contribution is 2.29. The van der Waals surface area contributed by atoms with Crippen LogP contribution in [0.1, 0.15) is 71.4 Å². The van der Waals surface area contributed by atoms with E-state index >= 15 is 0 Å². The molecule has 2 nitrogen and oxygen atoms in total. The number of hydrogen-bond donors (Lipinski definition) is 0. The summed E-state index contributed by atoms with van der Waals surface area (Å²) in [6, 6.07) is 0. The highest BCUT2D eigenvalue weighted by molar-refractivity contribution is 7.03. The topological polar surface area (TPSA) is 25.8 Å². The average Bonchev–Trinajstić information content (AvgIpc) is 2.55. The van der Waals surface area contributed by atoms with Crippen molar-refractivity contribution in [1.29, 1.82) is 0 Å². The Hall–Kier alpha value is -0.440. The molecule has 88 valence electrons. The monoisotopic (exact) mass is 228 g/mol. The summed E-state index contributed by atoms with van der Waals surface area (Å²) in [6.45, 7) is 0. The van der Waals surface area contributed by atoms with Crippen molar-refractivity contribution < 1.29 is 0 Å². The van der Waals surface area contributed by atoms with E-state index in [0.29, 0.717) is 5.92 Å². The molecule has 2 rings (SSSR count). The summed E-state index contributed by atoms with van der Waals surface area (Å²) in [5.41, 5.74) is 1.24. The summed E-state index contributed by atoms with van der Waals surface area (Å²) in [7, 11) is 0. The van der Waals surface area contributed by atoms with Crippen LogP contribution in [0.4, 0.5) is 0 Å². The summed E-state index contributed by atoms with van der Waals surface area (Å²) in [5.74, 6) is 0.707. The van der Waals surface area contributed by atoms with E-state index in [-0.39, 0.29) is 14.9 Å². The fourth-order valence-corrected chi connectivity index (χ4v) is 2.64. The minimum absolute atomic E-state index is 0. The molecule has 0 unspecified atom stereocenters. The van der Waals surface area contributed by atoms with Crippen LogP contribution in [0.5, 0.6) is 0 Å². The van der Waals surface area contributed by atoms with Gasteiger partial charge >= 0.3 is 0 Å². The fraction of sp³-hybridized carbons (Fsp3) is 0.833. The van der Waals surface area contributed by atoms with Crippen LogP contribution >= 0.6 is 11.5 Å². The lowest BCUT2D eigenvalue weighted by Gasteiger charge is -2.16. The molecule has 1 heterocycles. The quantitative estimate of drug-likeness (QED) is 0.700. The first-order valence-electron chi connectivity index (χ1n) is 5.24. The summed E-state index contributed by atoms with van der Waals surface area (Å²) in [5, 5.41) is 6.30. The van der Waals surface area contributed by atoms with Crippen molar-refractivity contribution >= 4 is 11.5 Å². The van der Waals surface area contributed by atoms with E-state index in [2.05, 4.69) is 15.0 Å². The van der Waals surface area contributed by atoms with Crippen LogP contribution in [-0.2, 0) is 0 Å². The smallest absolute Gasteiger partial charge is 0.0786 e. The fourth-order valence-electron chi connectivity index (χ4n) is 2.10. The van der Waals surface area contributed by atoms with Crippen molar-refractivity contribution in [2.45, 2.75) is 65.7 Å². The predicted octanol–water partition coefficient (Wildman–Crippen LogP) is 4.64. The van der Waals surface area contributed by atoms with Gasteiger partial charge in [0.25, 0.3) is 0 Å². The molecule has 1 aromatic heterocycles. The second kappa shape index (κ2) is 7.80. The molecule has 1 saturated carbocycles. The largest absolute Gasteiger partial charge is 0.143 e. The summed E-state index contributed by atoms with van der Waals surface area (Å²) in [6.07, 6.45) is 9.66. The molecule has 0 aromatic carbocycles. The average molecular weight is 228 g/mol. The Kier molecular flexibility index (Phi) is 7.57. The lowest BCUT2D eigenvalue weighted by Crippen LogP contribution is -2.02. The van der Waals surface area contributed by atoms with Crippen LogP contribution in [0.3, 0.4) is 0 Å². The van der Waals surface area contributed by atoms with Crippen molar-refractivity contribution in [3.63, 3.8) is 0 Å². The molecule has 3 heteroatoms. The number of rotatable bonds is 1. The molecule has 15 heavy (non-hydrogen) atoms. The Morgan fingerprint density at radius 1 is 1.00 bits per heavy atom. The molecule has 0 bridgehead atoms. The van der Waals surface area contributed by atoms with Crippen molar-refractivity contribution in [2.75, 3.05) is 0 Å².